The minimum atomic E-state index is -0.542. The first-order chi connectivity index (χ1) is 23.5. The first-order valence-corrected chi connectivity index (χ1v) is 16.2. The van der Waals surface area contributed by atoms with Gasteiger partial charge in [-0.3, -0.25) is 9.69 Å². The van der Waals surface area contributed by atoms with Gasteiger partial charge in [0.15, 0.2) is 17.3 Å². The number of carbonyl (C=O) groups is 2. The predicted molar refractivity (Wildman–Crippen MR) is 182 cm³/mol. The zero-order valence-corrected chi connectivity index (χ0v) is 28.8. The van der Waals surface area contributed by atoms with E-state index in [2.05, 4.69) is 15.2 Å². The van der Waals surface area contributed by atoms with Crippen LogP contribution in [0.5, 0.6) is 17.2 Å². The molecule has 3 aromatic heterocycles. The van der Waals surface area contributed by atoms with Gasteiger partial charge in [-0.25, -0.2) is 14.3 Å². The van der Waals surface area contributed by atoms with Crippen molar-refractivity contribution in [3.05, 3.63) is 42.5 Å². The van der Waals surface area contributed by atoms with E-state index in [9.17, 15) is 9.59 Å². The molecule has 0 aliphatic carbocycles. The Hall–Kier alpha value is -5.25. The normalized spacial score (nSPS) is 17.0. The first kappa shape index (κ1) is 33.6. The van der Waals surface area contributed by atoms with E-state index in [1.54, 1.807) is 32.6 Å². The lowest BCUT2D eigenvalue weighted by atomic mass is 10.2. The molecule has 3 N–H and O–H groups in total. The molecule has 4 aromatic rings. The van der Waals surface area contributed by atoms with Gasteiger partial charge in [0.2, 0.25) is 17.6 Å². The summed E-state index contributed by atoms with van der Waals surface area (Å²) in [7, 11) is 4.70. The molecule has 1 aromatic carbocycles. The highest BCUT2D eigenvalue weighted by Crippen LogP contribution is 2.39. The Labute approximate surface area is 284 Å². The molecule has 262 valence electrons. The molecule has 0 saturated carbocycles. The van der Waals surface area contributed by atoms with Gasteiger partial charge in [-0.2, -0.15) is 4.98 Å². The van der Waals surface area contributed by atoms with Crippen LogP contribution in [-0.4, -0.2) is 112 Å². The second-order valence-electron chi connectivity index (χ2n) is 13.1. The van der Waals surface area contributed by atoms with Gasteiger partial charge in [0.1, 0.15) is 29.3 Å². The monoisotopic (exact) mass is 676 g/mol. The predicted octanol–water partition coefficient (Wildman–Crippen LogP) is 3.19. The number of rotatable bonds is 10. The third kappa shape index (κ3) is 7.13. The van der Waals surface area contributed by atoms with Gasteiger partial charge in [0.05, 0.1) is 38.9 Å². The number of imidazole rings is 1. The highest BCUT2D eigenvalue weighted by Gasteiger charge is 2.32. The van der Waals surface area contributed by atoms with E-state index >= 15 is 0 Å². The first-order valence-electron chi connectivity index (χ1n) is 16.2. The number of amides is 2. The van der Waals surface area contributed by atoms with Crippen molar-refractivity contribution in [3.8, 4) is 22.9 Å². The van der Waals surface area contributed by atoms with Crippen molar-refractivity contribution in [1.82, 2.24) is 33.9 Å². The SMILES string of the molecule is COc1cc(-n2cnc(Nc3nc(N4CCCC4C(N)=O)nn4c(CN5CCN(C(=O)OC(C)(C)C)CC5)ccc34)c2)cc(OC)c1OC. The smallest absolute Gasteiger partial charge is 0.410 e. The molecule has 0 spiro atoms. The number of carbonyl (C=O) groups excluding carboxylic acids is 2. The molecule has 6 rings (SSSR count). The van der Waals surface area contributed by atoms with E-state index in [-0.39, 0.29) is 6.09 Å². The van der Waals surface area contributed by atoms with Crippen LogP contribution in [0.25, 0.3) is 11.2 Å². The van der Waals surface area contributed by atoms with Crippen molar-refractivity contribution in [2.24, 2.45) is 5.73 Å². The minimum Gasteiger partial charge on any atom is -0.493 e. The average molecular weight is 677 g/mol. The number of nitrogens with one attached hydrogen (secondary N) is 1. The van der Waals surface area contributed by atoms with Crippen molar-refractivity contribution in [3.63, 3.8) is 0 Å². The van der Waals surface area contributed by atoms with Crippen molar-refractivity contribution in [1.29, 1.82) is 0 Å². The maximum Gasteiger partial charge on any atom is 0.410 e. The Morgan fingerprint density at radius 3 is 2.35 bits per heavy atom. The number of anilines is 3. The Bertz CT molecular complexity index is 1800. The minimum absolute atomic E-state index is 0.296. The number of primary amides is 1. The van der Waals surface area contributed by atoms with Crippen LogP contribution >= 0.6 is 0 Å². The van der Waals surface area contributed by atoms with E-state index in [1.165, 1.54) is 0 Å². The van der Waals surface area contributed by atoms with Crippen LogP contribution in [0.4, 0.5) is 22.4 Å². The maximum absolute atomic E-state index is 12.6. The summed E-state index contributed by atoms with van der Waals surface area (Å²) in [6.07, 6.45) is 4.65. The van der Waals surface area contributed by atoms with E-state index in [0.717, 1.165) is 23.3 Å². The number of aromatic nitrogens is 5. The summed E-state index contributed by atoms with van der Waals surface area (Å²) < 4.78 is 25.8. The molecule has 1 atom stereocenters. The van der Waals surface area contributed by atoms with Gasteiger partial charge < -0.3 is 44.4 Å². The fourth-order valence-electron chi connectivity index (χ4n) is 6.18. The zero-order valence-electron chi connectivity index (χ0n) is 28.8. The molecule has 2 saturated heterocycles. The van der Waals surface area contributed by atoms with Gasteiger partial charge in [0.25, 0.3) is 0 Å². The molecule has 0 radical (unpaired) electrons. The Morgan fingerprint density at radius 2 is 1.71 bits per heavy atom. The number of hydrogen-bond donors (Lipinski definition) is 2. The summed E-state index contributed by atoms with van der Waals surface area (Å²) in [5.74, 6) is 2.58. The summed E-state index contributed by atoms with van der Waals surface area (Å²) in [6, 6.07) is 7.15. The van der Waals surface area contributed by atoms with E-state index in [0.29, 0.717) is 80.5 Å². The third-order valence-electron chi connectivity index (χ3n) is 8.60. The van der Waals surface area contributed by atoms with E-state index < -0.39 is 17.6 Å². The van der Waals surface area contributed by atoms with Crippen LogP contribution in [0.1, 0.15) is 39.3 Å². The summed E-state index contributed by atoms with van der Waals surface area (Å²) in [6.45, 7) is 9.31. The lowest BCUT2D eigenvalue weighted by molar-refractivity contribution is -0.119. The lowest BCUT2D eigenvalue weighted by Crippen LogP contribution is -2.49. The van der Waals surface area contributed by atoms with Crippen LogP contribution in [0.15, 0.2) is 36.8 Å². The number of fused-ring (bicyclic) bond motifs is 1. The maximum atomic E-state index is 12.6. The zero-order chi connectivity index (χ0) is 34.9. The fraction of sp³-hybridized carbons (Fsp3) is 0.485. The number of hydrogen-bond acceptors (Lipinski definition) is 12. The molecule has 16 nitrogen and oxygen atoms in total. The Kier molecular flexibility index (Phi) is 9.41. The molecule has 49 heavy (non-hydrogen) atoms. The average Bonchev–Trinajstić information content (AvgIpc) is 3.84. The Morgan fingerprint density at radius 1 is 1.00 bits per heavy atom. The van der Waals surface area contributed by atoms with Crippen molar-refractivity contribution >= 4 is 35.1 Å². The molecular weight excluding hydrogens is 632 g/mol. The lowest BCUT2D eigenvalue weighted by Gasteiger charge is -2.35. The van der Waals surface area contributed by atoms with E-state index in [4.69, 9.17) is 34.8 Å². The second-order valence-corrected chi connectivity index (χ2v) is 13.1. The van der Waals surface area contributed by atoms with Crippen molar-refractivity contribution in [2.45, 2.75) is 51.8 Å². The van der Waals surface area contributed by atoms with Crippen LogP contribution in [0.2, 0.25) is 0 Å². The molecule has 0 bridgehead atoms. The number of nitrogens with zero attached hydrogens (tertiary/aromatic N) is 8. The number of ether oxygens (including phenoxy) is 4. The van der Waals surface area contributed by atoms with Gasteiger partial charge >= 0.3 is 6.09 Å². The molecular formula is C33H44N10O6. The van der Waals surface area contributed by atoms with Crippen molar-refractivity contribution < 1.29 is 28.5 Å². The van der Waals surface area contributed by atoms with Crippen LogP contribution in [-0.2, 0) is 16.1 Å². The standard InChI is InChI=1S/C33H44N10O6/c1-33(2,3)49-32(45)40-14-12-39(13-15-40)18-21-9-10-24-30(37-31(38-43(21)24)42-11-7-8-23(42)29(34)44)36-27-19-41(20-35-27)22-16-25(46-4)28(48-6)26(17-22)47-5/h9-10,16-17,19-20,23H,7-8,11-15,18H2,1-6H3,(H2,34,44)(H,36,37,38). The third-order valence-corrected chi connectivity index (χ3v) is 8.60. The summed E-state index contributed by atoms with van der Waals surface area (Å²) in [5, 5.41) is 8.29. The van der Waals surface area contributed by atoms with Gasteiger partial charge in [-0.15, -0.1) is 5.10 Å². The van der Waals surface area contributed by atoms with Crippen LogP contribution < -0.4 is 30.2 Å². The highest BCUT2D eigenvalue weighted by molar-refractivity contribution is 5.84. The highest BCUT2D eigenvalue weighted by atomic mass is 16.6. The van der Waals surface area contributed by atoms with Crippen LogP contribution in [0.3, 0.4) is 0 Å². The summed E-state index contributed by atoms with van der Waals surface area (Å²) in [5.41, 5.74) is 7.66. The molecule has 1 unspecified atom stereocenters. The van der Waals surface area contributed by atoms with Crippen molar-refractivity contribution in [2.75, 3.05) is 64.3 Å². The molecule has 2 amide bonds. The van der Waals surface area contributed by atoms with Gasteiger partial charge in [-0.05, 0) is 45.7 Å². The summed E-state index contributed by atoms with van der Waals surface area (Å²) in [4.78, 5) is 40.3. The molecule has 16 heteroatoms. The molecule has 2 aliphatic rings. The Balaban J connectivity index is 1.28. The number of benzene rings is 1. The molecule has 2 fully saturated rings. The molecule has 2 aliphatic heterocycles. The van der Waals surface area contributed by atoms with Gasteiger partial charge in [-0.1, -0.05) is 0 Å². The number of piperazine rings is 1. The topological polar surface area (TPSA) is 167 Å². The number of nitrogens with two attached hydrogens (primary N) is 1. The fourth-order valence-corrected chi connectivity index (χ4v) is 6.18. The quantitative estimate of drug-likeness (QED) is 0.252. The van der Waals surface area contributed by atoms with Gasteiger partial charge in [0, 0.05) is 51.4 Å². The largest absolute Gasteiger partial charge is 0.493 e. The number of methoxy groups -OCH3 is 3. The van der Waals surface area contributed by atoms with Crippen LogP contribution in [0, 0.1) is 0 Å². The van der Waals surface area contributed by atoms with E-state index in [1.807, 2.05) is 65.2 Å². The second kappa shape index (κ2) is 13.7. The summed E-state index contributed by atoms with van der Waals surface area (Å²) >= 11 is 0. The molecule has 5 heterocycles.